The van der Waals surface area contributed by atoms with Gasteiger partial charge in [0, 0.05) is 26.2 Å². The summed E-state index contributed by atoms with van der Waals surface area (Å²) in [6.07, 6.45) is 0. The third-order valence-electron chi connectivity index (χ3n) is 1.77. The van der Waals surface area contributed by atoms with Crippen LogP contribution in [0.1, 0.15) is 13.8 Å². The second-order valence-electron chi connectivity index (χ2n) is 3.11. The van der Waals surface area contributed by atoms with Gasteiger partial charge in [0.05, 0.1) is 0 Å². The molecule has 0 aromatic carbocycles. The first-order valence-electron chi connectivity index (χ1n) is 4.29. The maximum Gasteiger partial charge on any atom is 0.279 e. The molecule has 0 bridgehead atoms. The zero-order valence-corrected chi connectivity index (χ0v) is 10.7. The van der Waals surface area contributed by atoms with E-state index >= 15 is 0 Å². The van der Waals surface area contributed by atoms with Crippen LogP contribution in [0.3, 0.4) is 0 Å². The van der Waals surface area contributed by atoms with Crippen LogP contribution in [0.25, 0.3) is 0 Å². The van der Waals surface area contributed by atoms with Crippen molar-refractivity contribution in [2.75, 3.05) is 27.2 Å². The largest absolute Gasteiger partial charge is 0.318 e. The summed E-state index contributed by atoms with van der Waals surface area (Å²) in [6, 6.07) is -0.0212. The smallest absolute Gasteiger partial charge is 0.279 e. The summed E-state index contributed by atoms with van der Waals surface area (Å²) in [4.78, 5) is 0. The molecule has 0 fully saturated rings. The maximum absolute atomic E-state index is 11.4. The first kappa shape index (κ1) is 16.5. The minimum Gasteiger partial charge on any atom is -0.318 e. The Bertz CT molecular complexity index is 231. The third-order valence-corrected chi connectivity index (χ3v) is 3.51. The van der Waals surface area contributed by atoms with Crippen molar-refractivity contribution in [3.8, 4) is 0 Å². The summed E-state index contributed by atoms with van der Waals surface area (Å²) in [5.41, 5.74) is 0. The summed E-state index contributed by atoms with van der Waals surface area (Å²) in [7, 11) is 0.0517. The molecule has 2 N–H and O–H groups in total. The Kier molecular flexibility index (Phi) is 8.77. The monoisotopic (exact) mass is 245 g/mol. The van der Waals surface area contributed by atoms with Gasteiger partial charge in [-0.25, -0.2) is 4.72 Å². The molecule has 7 heteroatoms. The van der Waals surface area contributed by atoms with E-state index in [0.29, 0.717) is 13.1 Å². The Morgan fingerprint density at radius 1 is 1.29 bits per heavy atom. The van der Waals surface area contributed by atoms with Gasteiger partial charge in [-0.05, 0) is 20.9 Å². The normalized spacial score (nSPS) is 11.9. The van der Waals surface area contributed by atoms with Crippen molar-refractivity contribution in [2.24, 2.45) is 0 Å². The zero-order valence-electron chi connectivity index (χ0n) is 9.07. The Morgan fingerprint density at radius 3 is 2.14 bits per heavy atom. The fraction of sp³-hybridized carbons (Fsp3) is 1.00. The SMILES string of the molecule is CNCCNS(=O)(=O)N(C)C(C)C.Cl. The van der Waals surface area contributed by atoms with E-state index in [1.165, 1.54) is 4.31 Å². The third kappa shape index (κ3) is 5.77. The minimum absolute atomic E-state index is 0. The van der Waals surface area contributed by atoms with Crippen molar-refractivity contribution < 1.29 is 8.42 Å². The molecule has 0 aliphatic heterocycles. The van der Waals surface area contributed by atoms with Crippen LogP contribution in [-0.2, 0) is 10.2 Å². The van der Waals surface area contributed by atoms with Crippen LogP contribution >= 0.6 is 12.4 Å². The molecule has 0 aromatic heterocycles. The van der Waals surface area contributed by atoms with Crippen molar-refractivity contribution >= 4 is 22.6 Å². The lowest BCUT2D eigenvalue weighted by molar-refractivity contribution is 0.402. The van der Waals surface area contributed by atoms with E-state index in [4.69, 9.17) is 0 Å². The van der Waals surface area contributed by atoms with Crippen LogP contribution in [0.5, 0.6) is 0 Å². The molecule has 0 amide bonds. The van der Waals surface area contributed by atoms with Gasteiger partial charge in [-0.3, -0.25) is 0 Å². The fourth-order valence-corrected chi connectivity index (χ4v) is 1.80. The maximum atomic E-state index is 11.4. The Morgan fingerprint density at radius 2 is 1.79 bits per heavy atom. The van der Waals surface area contributed by atoms with Gasteiger partial charge in [0.25, 0.3) is 10.2 Å². The van der Waals surface area contributed by atoms with Crippen LogP contribution in [0.15, 0.2) is 0 Å². The number of nitrogens with one attached hydrogen (secondary N) is 2. The number of nitrogens with zero attached hydrogens (tertiary/aromatic N) is 1. The molecule has 14 heavy (non-hydrogen) atoms. The van der Waals surface area contributed by atoms with Gasteiger partial charge in [-0.1, -0.05) is 0 Å². The molecule has 0 saturated heterocycles. The summed E-state index contributed by atoms with van der Waals surface area (Å²) < 4.78 is 26.7. The quantitative estimate of drug-likeness (QED) is 0.638. The Hall–Kier alpha value is 0.120. The van der Waals surface area contributed by atoms with Crippen molar-refractivity contribution in [1.29, 1.82) is 0 Å². The first-order chi connectivity index (χ1) is 5.91. The number of halogens is 1. The molecule has 0 spiro atoms. The van der Waals surface area contributed by atoms with Gasteiger partial charge in [0.2, 0.25) is 0 Å². The average molecular weight is 246 g/mol. The van der Waals surface area contributed by atoms with Gasteiger partial charge in [0.15, 0.2) is 0 Å². The highest BCUT2D eigenvalue weighted by atomic mass is 35.5. The Balaban J connectivity index is 0. The first-order valence-corrected chi connectivity index (χ1v) is 5.73. The number of hydrogen-bond acceptors (Lipinski definition) is 3. The molecule has 0 aliphatic rings. The van der Waals surface area contributed by atoms with Gasteiger partial charge >= 0.3 is 0 Å². The van der Waals surface area contributed by atoms with E-state index in [-0.39, 0.29) is 18.4 Å². The second-order valence-corrected chi connectivity index (χ2v) is 4.93. The lowest BCUT2D eigenvalue weighted by Gasteiger charge is -2.21. The summed E-state index contributed by atoms with van der Waals surface area (Å²) in [5, 5.41) is 2.86. The molecule has 0 aromatic rings. The molecule has 0 unspecified atom stereocenters. The molecular weight excluding hydrogens is 226 g/mol. The lowest BCUT2D eigenvalue weighted by atomic mass is 10.4. The number of rotatable bonds is 6. The predicted octanol–water partition coefficient (Wildman–Crippen LogP) is -0.198. The minimum atomic E-state index is -3.29. The number of hydrogen-bond donors (Lipinski definition) is 2. The van der Waals surface area contributed by atoms with E-state index in [2.05, 4.69) is 10.0 Å². The van der Waals surface area contributed by atoms with Gasteiger partial charge in [-0.15, -0.1) is 12.4 Å². The molecule has 0 saturated carbocycles. The topological polar surface area (TPSA) is 61.4 Å². The highest BCUT2D eigenvalue weighted by Crippen LogP contribution is 1.99. The molecular formula is C7H20ClN3O2S. The van der Waals surface area contributed by atoms with Crippen LogP contribution in [0.2, 0.25) is 0 Å². The van der Waals surface area contributed by atoms with Crippen molar-refractivity contribution in [2.45, 2.75) is 19.9 Å². The molecule has 5 nitrogen and oxygen atoms in total. The van der Waals surface area contributed by atoms with Crippen LogP contribution in [0, 0.1) is 0 Å². The van der Waals surface area contributed by atoms with E-state index in [1.807, 2.05) is 13.8 Å². The Labute approximate surface area is 92.8 Å². The molecule has 0 heterocycles. The van der Waals surface area contributed by atoms with Crippen molar-refractivity contribution in [1.82, 2.24) is 14.3 Å². The van der Waals surface area contributed by atoms with E-state index in [1.54, 1.807) is 14.1 Å². The highest BCUT2D eigenvalue weighted by Gasteiger charge is 2.18. The lowest BCUT2D eigenvalue weighted by Crippen LogP contribution is -2.43. The second kappa shape index (κ2) is 7.42. The van der Waals surface area contributed by atoms with Gasteiger partial charge in [0.1, 0.15) is 0 Å². The zero-order chi connectivity index (χ0) is 10.5. The average Bonchev–Trinajstić information content (AvgIpc) is 2.03. The van der Waals surface area contributed by atoms with Gasteiger partial charge < -0.3 is 5.32 Å². The molecule has 88 valence electrons. The van der Waals surface area contributed by atoms with E-state index < -0.39 is 10.2 Å². The highest BCUT2D eigenvalue weighted by molar-refractivity contribution is 7.87. The fourth-order valence-electron chi connectivity index (χ4n) is 0.684. The molecule has 0 aliphatic carbocycles. The summed E-state index contributed by atoms with van der Waals surface area (Å²) in [6.45, 7) is 4.70. The summed E-state index contributed by atoms with van der Waals surface area (Å²) in [5.74, 6) is 0. The van der Waals surface area contributed by atoms with Crippen molar-refractivity contribution in [3.63, 3.8) is 0 Å². The van der Waals surface area contributed by atoms with Crippen LogP contribution in [0.4, 0.5) is 0 Å². The van der Waals surface area contributed by atoms with Gasteiger partial charge in [-0.2, -0.15) is 12.7 Å². The molecule has 0 radical (unpaired) electrons. The predicted molar refractivity (Wildman–Crippen MR) is 61.0 cm³/mol. The molecule has 0 rings (SSSR count). The van der Waals surface area contributed by atoms with E-state index in [0.717, 1.165) is 0 Å². The molecule has 0 atom stereocenters. The van der Waals surface area contributed by atoms with Crippen molar-refractivity contribution in [3.05, 3.63) is 0 Å². The standard InChI is InChI=1S/C7H19N3O2S.ClH/c1-7(2)10(4)13(11,12)9-6-5-8-3;/h7-9H,5-6H2,1-4H3;1H. The summed E-state index contributed by atoms with van der Waals surface area (Å²) >= 11 is 0. The van der Waals surface area contributed by atoms with Crippen LogP contribution in [-0.4, -0.2) is 45.9 Å². The van der Waals surface area contributed by atoms with E-state index in [9.17, 15) is 8.42 Å². The van der Waals surface area contributed by atoms with Crippen LogP contribution < -0.4 is 10.0 Å². The number of likely N-dealkylation sites (N-methyl/N-ethyl adjacent to an activating group) is 1.